The summed E-state index contributed by atoms with van der Waals surface area (Å²) in [5.74, 6) is -0.527. The Balaban J connectivity index is 1.69. The van der Waals surface area contributed by atoms with Crippen LogP contribution in [0.4, 0.5) is 10.1 Å². The van der Waals surface area contributed by atoms with Crippen molar-refractivity contribution in [2.24, 2.45) is 0 Å². The lowest BCUT2D eigenvalue weighted by atomic mass is 9.63. The minimum Gasteiger partial charge on any atom is -0.380 e. The van der Waals surface area contributed by atoms with E-state index in [0.717, 1.165) is 25.2 Å². The summed E-state index contributed by atoms with van der Waals surface area (Å²) in [4.78, 5) is 0.00304. The first-order chi connectivity index (χ1) is 10.8. The van der Waals surface area contributed by atoms with Gasteiger partial charge in [-0.2, -0.15) is 0 Å². The molecule has 1 N–H and O–H groups in total. The molecule has 122 valence electrons. The van der Waals surface area contributed by atoms with E-state index in [1.54, 1.807) is 0 Å². The van der Waals surface area contributed by atoms with Gasteiger partial charge in [0.25, 0.3) is 0 Å². The van der Waals surface area contributed by atoms with Gasteiger partial charge in [0.15, 0.2) is 9.84 Å². The van der Waals surface area contributed by atoms with Crippen molar-refractivity contribution >= 4 is 15.5 Å². The maximum absolute atomic E-state index is 14.1. The SMILES string of the molecule is CC1(c2ccccc2)CC(Nc2ccc(S(C)(=O)=O)cc2F)C1. The molecule has 0 saturated heterocycles. The fourth-order valence-electron chi connectivity index (χ4n) is 3.27. The summed E-state index contributed by atoms with van der Waals surface area (Å²) in [5.41, 5.74) is 1.77. The Morgan fingerprint density at radius 3 is 2.35 bits per heavy atom. The van der Waals surface area contributed by atoms with Crippen molar-refractivity contribution in [2.75, 3.05) is 11.6 Å². The van der Waals surface area contributed by atoms with E-state index in [2.05, 4.69) is 24.4 Å². The van der Waals surface area contributed by atoms with E-state index in [4.69, 9.17) is 0 Å². The highest BCUT2D eigenvalue weighted by Crippen LogP contribution is 2.44. The molecule has 3 rings (SSSR count). The Bertz CT molecular complexity index is 812. The minimum absolute atomic E-state index is 0.00304. The van der Waals surface area contributed by atoms with Gasteiger partial charge in [0, 0.05) is 12.3 Å². The second kappa shape index (κ2) is 5.64. The first kappa shape index (κ1) is 16.0. The third kappa shape index (κ3) is 3.24. The molecule has 0 heterocycles. The largest absolute Gasteiger partial charge is 0.380 e. The van der Waals surface area contributed by atoms with E-state index in [-0.39, 0.29) is 16.4 Å². The number of sulfone groups is 1. The van der Waals surface area contributed by atoms with Gasteiger partial charge in [0.1, 0.15) is 5.82 Å². The van der Waals surface area contributed by atoms with E-state index < -0.39 is 15.7 Å². The predicted octanol–water partition coefficient (Wildman–Crippen LogP) is 3.76. The molecule has 1 aliphatic rings. The number of rotatable bonds is 4. The van der Waals surface area contributed by atoms with Crippen molar-refractivity contribution in [1.29, 1.82) is 0 Å². The molecule has 0 bridgehead atoms. The van der Waals surface area contributed by atoms with Crippen LogP contribution >= 0.6 is 0 Å². The zero-order valence-corrected chi connectivity index (χ0v) is 14.0. The zero-order valence-electron chi connectivity index (χ0n) is 13.2. The van der Waals surface area contributed by atoms with Crippen LogP contribution in [0.2, 0.25) is 0 Å². The minimum atomic E-state index is -3.38. The number of halogens is 1. The number of anilines is 1. The molecule has 0 aromatic heterocycles. The van der Waals surface area contributed by atoms with Crippen LogP contribution in [-0.4, -0.2) is 20.7 Å². The first-order valence-corrected chi connectivity index (χ1v) is 9.49. The van der Waals surface area contributed by atoms with E-state index in [9.17, 15) is 12.8 Å². The van der Waals surface area contributed by atoms with Crippen molar-refractivity contribution in [3.05, 3.63) is 59.9 Å². The van der Waals surface area contributed by atoms with E-state index in [1.807, 2.05) is 18.2 Å². The molecule has 0 aliphatic heterocycles. The van der Waals surface area contributed by atoms with Crippen molar-refractivity contribution in [2.45, 2.75) is 36.1 Å². The van der Waals surface area contributed by atoms with Gasteiger partial charge in [-0.25, -0.2) is 12.8 Å². The topological polar surface area (TPSA) is 46.2 Å². The molecular weight excluding hydrogens is 313 g/mol. The fraction of sp³-hybridized carbons (Fsp3) is 0.333. The Kier molecular flexibility index (Phi) is 3.92. The highest BCUT2D eigenvalue weighted by molar-refractivity contribution is 7.90. The predicted molar refractivity (Wildman–Crippen MR) is 89.9 cm³/mol. The molecule has 2 aromatic carbocycles. The Morgan fingerprint density at radius 1 is 1.13 bits per heavy atom. The number of nitrogens with one attached hydrogen (secondary N) is 1. The van der Waals surface area contributed by atoms with Crippen molar-refractivity contribution < 1.29 is 12.8 Å². The maximum atomic E-state index is 14.1. The van der Waals surface area contributed by atoms with E-state index >= 15 is 0 Å². The molecule has 0 spiro atoms. The summed E-state index contributed by atoms with van der Waals surface area (Å²) in [6, 6.07) is 14.5. The van der Waals surface area contributed by atoms with Gasteiger partial charge in [-0.1, -0.05) is 37.3 Å². The van der Waals surface area contributed by atoms with Gasteiger partial charge >= 0.3 is 0 Å². The van der Waals surface area contributed by atoms with Crippen LogP contribution in [0.1, 0.15) is 25.3 Å². The molecule has 1 saturated carbocycles. The number of benzene rings is 2. The van der Waals surface area contributed by atoms with Crippen LogP contribution in [0.25, 0.3) is 0 Å². The van der Waals surface area contributed by atoms with Gasteiger partial charge in [-0.05, 0) is 42.0 Å². The van der Waals surface area contributed by atoms with E-state index in [0.29, 0.717) is 5.69 Å². The molecule has 0 radical (unpaired) electrons. The molecule has 3 nitrogen and oxygen atoms in total. The normalized spacial score (nSPS) is 24.0. The lowest BCUT2D eigenvalue weighted by molar-refractivity contribution is 0.242. The Labute approximate surface area is 136 Å². The molecule has 1 aliphatic carbocycles. The summed E-state index contributed by atoms with van der Waals surface area (Å²) in [7, 11) is -3.38. The number of hydrogen-bond donors (Lipinski definition) is 1. The first-order valence-electron chi connectivity index (χ1n) is 7.60. The second-order valence-corrected chi connectivity index (χ2v) is 8.61. The Morgan fingerprint density at radius 2 is 1.78 bits per heavy atom. The average molecular weight is 333 g/mol. The monoisotopic (exact) mass is 333 g/mol. The third-order valence-electron chi connectivity index (χ3n) is 4.59. The molecule has 0 amide bonds. The molecule has 0 unspecified atom stereocenters. The molecule has 23 heavy (non-hydrogen) atoms. The lowest BCUT2D eigenvalue weighted by Crippen LogP contribution is -2.46. The number of hydrogen-bond acceptors (Lipinski definition) is 3. The van der Waals surface area contributed by atoms with Crippen LogP contribution in [0.15, 0.2) is 53.4 Å². The smallest absolute Gasteiger partial charge is 0.175 e. The molecular formula is C18H20FNO2S. The van der Waals surface area contributed by atoms with Crippen LogP contribution in [0, 0.1) is 5.82 Å². The lowest BCUT2D eigenvalue weighted by Gasteiger charge is -2.46. The quantitative estimate of drug-likeness (QED) is 0.926. The van der Waals surface area contributed by atoms with E-state index in [1.165, 1.54) is 17.7 Å². The molecule has 2 aromatic rings. The second-order valence-electron chi connectivity index (χ2n) is 6.59. The zero-order chi connectivity index (χ0) is 16.7. The van der Waals surface area contributed by atoms with Gasteiger partial charge in [0.2, 0.25) is 0 Å². The van der Waals surface area contributed by atoms with Crippen LogP contribution in [0.3, 0.4) is 0 Å². The van der Waals surface area contributed by atoms with Gasteiger partial charge in [-0.15, -0.1) is 0 Å². The Hall–Kier alpha value is -1.88. The van der Waals surface area contributed by atoms with Crippen LogP contribution in [-0.2, 0) is 15.3 Å². The summed E-state index contributed by atoms with van der Waals surface area (Å²) < 4.78 is 37.0. The summed E-state index contributed by atoms with van der Waals surface area (Å²) >= 11 is 0. The summed E-state index contributed by atoms with van der Waals surface area (Å²) in [6.07, 6.45) is 2.92. The third-order valence-corrected chi connectivity index (χ3v) is 5.70. The molecule has 5 heteroatoms. The highest BCUT2D eigenvalue weighted by atomic mass is 32.2. The van der Waals surface area contributed by atoms with Gasteiger partial charge in [0.05, 0.1) is 10.6 Å². The molecule has 0 atom stereocenters. The highest BCUT2D eigenvalue weighted by Gasteiger charge is 2.41. The molecule has 1 fully saturated rings. The van der Waals surface area contributed by atoms with Crippen molar-refractivity contribution in [1.82, 2.24) is 0 Å². The van der Waals surface area contributed by atoms with Crippen LogP contribution in [0.5, 0.6) is 0 Å². The summed E-state index contributed by atoms with van der Waals surface area (Å²) in [5, 5.41) is 3.18. The standard InChI is InChI=1S/C18H20FNO2S/c1-18(13-6-4-3-5-7-13)11-14(12-18)20-17-9-8-15(10-16(17)19)23(2,21)22/h3-10,14,20H,11-12H2,1-2H3. The average Bonchev–Trinajstić information content (AvgIpc) is 2.47. The van der Waals surface area contributed by atoms with Crippen molar-refractivity contribution in [3.63, 3.8) is 0 Å². The van der Waals surface area contributed by atoms with Gasteiger partial charge < -0.3 is 5.32 Å². The fourth-order valence-corrected chi connectivity index (χ4v) is 3.90. The maximum Gasteiger partial charge on any atom is 0.175 e. The van der Waals surface area contributed by atoms with Crippen molar-refractivity contribution in [3.8, 4) is 0 Å². The van der Waals surface area contributed by atoms with Crippen LogP contribution < -0.4 is 5.32 Å². The van der Waals surface area contributed by atoms with Gasteiger partial charge in [-0.3, -0.25) is 0 Å². The summed E-state index contributed by atoms with van der Waals surface area (Å²) in [6.45, 7) is 2.21.